The molecular weight excluding hydrogens is 210 g/mol. The van der Waals surface area contributed by atoms with Crippen molar-refractivity contribution < 1.29 is 0 Å². The molecule has 1 aliphatic rings. The van der Waals surface area contributed by atoms with Gasteiger partial charge in [-0.1, -0.05) is 27.7 Å². The zero-order valence-electron chi connectivity index (χ0n) is 12.1. The Labute approximate surface area is 107 Å². The molecule has 1 atom stereocenters. The molecule has 1 unspecified atom stereocenters. The van der Waals surface area contributed by atoms with Crippen LogP contribution in [0.15, 0.2) is 0 Å². The summed E-state index contributed by atoms with van der Waals surface area (Å²) in [5.41, 5.74) is 0. The SMILES string of the molecule is CC(C)NCCC1CCN(CCNC(C)C)C1. The molecule has 17 heavy (non-hydrogen) atoms. The second kappa shape index (κ2) is 8.06. The van der Waals surface area contributed by atoms with Gasteiger partial charge in [0.2, 0.25) is 0 Å². The van der Waals surface area contributed by atoms with Crippen LogP contribution in [-0.2, 0) is 0 Å². The third kappa shape index (κ3) is 7.02. The van der Waals surface area contributed by atoms with Gasteiger partial charge >= 0.3 is 0 Å². The summed E-state index contributed by atoms with van der Waals surface area (Å²) in [5.74, 6) is 0.917. The van der Waals surface area contributed by atoms with Crippen molar-refractivity contribution in [1.29, 1.82) is 0 Å². The molecule has 3 heteroatoms. The third-order valence-corrected chi connectivity index (χ3v) is 3.46. The highest BCUT2D eigenvalue weighted by Crippen LogP contribution is 2.18. The van der Waals surface area contributed by atoms with Crippen molar-refractivity contribution in [1.82, 2.24) is 15.5 Å². The Morgan fingerprint density at radius 2 is 1.71 bits per heavy atom. The summed E-state index contributed by atoms with van der Waals surface area (Å²) in [6.45, 7) is 15.0. The molecule has 0 radical (unpaired) electrons. The van der Waals surface area contributed by atoms with E-state index in [0.717, 1.165) is 12.5 Å². The van der Waals surface area contributed by atoms with E-state index in [-0.39, 0.29) is 0 Å². The summed E-state index contributed by atoms with van der Waals surface area (Å²) in [6.07, 6.45) is 2.73. The van der Waals surface area contributed by atoms with E-state index in [1.54, 1.807) is 0 Å². The highest BCUT2D eigenvalue weighted by molar-refractivity contribution is 4.77. The molecule has 2 N–H and O–H groups in total. The smallest absolute Gasteiger partial charge is 0.0107 e. The molecule has 3 nitrogen and oxygen atoms in total. The lowest BCUT2D eigenvalue weighted by atomic mass is 10.1. The van der Waals surface area contributed by atoms with Gasteiger partial charge in [-0.2, -0.15) is 0 Å². The van der Waals surface area contributed by atoms with Crippen molar-refractivity contribution in [3.63, 3.8) is 0 Å². The number of hydrogen-bond acceptors (Lipinski definition) is 3. The predicted molar refractivity (Wildman–Crippen MR) is 75.4 cm³/mol. The van der Waals surface area contributed by atoms with Gasteiger partial charge in [-0.15, -0.1) is 0 Å². The highest BCUT2D eigenvalue weighted by Gasteiger charge is 2.21. The Morgan fingerprint density at radius 1 is 1.06 bits per heavy atom. The molecule has 1 rings (SSSR count). The van der Waals surface area contributed by atoms with Gasteiger partial charge in [0.1, 0.15) is 0 Å². The first-order valence-corrected chi connectivity index (χ1v) is 7.27. The molecule has 1 heterocycles. The molecule has 1 saturated heterocycles. The molecule has 0 saturated carbocycles. The van der Waals surface area contributed by atoms with Crippen LogP contribution in [0.4, 0.5) is 0 Å². The lowest BCUT2D eigenvalue weighted by Gasteiger charge is -2.17. The van der Waals surface area contributed by atoms with Gasteiger partial charge in [0.25, 0.3) is 0 Å². The summed E-state index contributed by atoms with van der Waals surface area (Å²) in [5, 5.41) is 7.01. The lowest BCUT2D eigenvalue weighted by molar-refractivity contribution is 0.313. The molecule has 0 amide bonds. The monoisotopic (exact) mass is 241 g/mol. The molecule has 0 aliphatic carbocycles. The third-order valence-electron chi connectivity index (χ3n) is 3.46. The Balaban J connectivity index is 2.02. The van der Waals surface area contributed by atoms with Gasteiger partial charge in [0.05, 0.1) is 0 Å². The fourth-order valence-electron chi connectivity index (χ4n) is 2.44. The van der Waals surface area contributed by atoms with E-state index in [1.165, 1.54) is 39.0 Å². The Hall–Kier alpha value is -0.120. The van der Waals surface area contributed by atoms with Crippen molar-refractivity contribution in [2.75, 3.05) is 32.7 Å². The minimum Gasteiger partial charge on any atom is -0.315 e. The van der Waals surface area contributed by atoms with Gasteiger partial charge in [-0.05, 0) is 31.8 Å². The van der Waals surface area contributed by atoms with E-state index < -0.39 is 0 Å². The second-order valence-electron chi connectivity index (χ2n) is 5.96. The minimum atomic E-state index is 0.614. The fraction of sp³-hybridized carbons (Fsp3) is 1.00. The lowest BCUT2D eigenvalue weighted by Crippen LogP contribution is -2.34. The molecular formula is C14H31N3. The first-order valence-electron chi connectivity index (χ1n) is 7.27. The predicted octanol–water partition coefficient (Wildman–Crippen LogP) is 1.69. The standard InChI is InChI=1S/C14H31N3/c1-12(2)15-7-5-14-6-9-17(11-14)10-8-16-13(3)4/h12-16H,5-11H2,1-4H3. The summed E-state index contributed by atoms with van der Waals surface area (Å²) >= 11 is 0. The van der Waals surface area contributed by atoms with Crippen LogP contribution in [0, 0.1) is 5.92 Å². The van der Waals surface area contributed by atoms with Crippen LogP contribution in [0.3, 0.4) is 0 Å². The topological polar surface area (TPSA) is 27.3 Å². The molecule has 1 fully saturated rings. The summed E-state index contributed by atoms with van der Waals surface area (Å²) < 4.78 is 0. The first-order chi connectivity index (χ1) is 8.08. The Bertz CT molecular complexity index is 172. The first kappa shape index (κ1) is 14.9. The van der Waals surface area contributed by atoms with E-state index in [0.29, 0.717) is 12.1 Å². The molecule has 0 aromatic rings. The van der Waals surface area contributed by atoms with Crippen molar-refractivity contribution in [2.45, 2.75) is 52.6 Å². The van der Waals surface area contributed by atoms with Crippen molar-refractivity contribution in [2.24, 2.45) is 5.92 Å². The van der Waals surface area contributed by atoms with Crippen LogP contribution in [0.25, 0.3) is 0 Å². The van der Waals surface area contributed by atoms with Crippen LogP contribution >= 0.6 is 0 Å². The number of nitrogens with one attached hydrogen (secondary N) is 2. The zero-order valence-corrected chi connectivity index (χ0v) is 12.1. The molecule has 1 aliphatic heterocycles. The van der Waals surface area contributed by atoms with Crippen molar-refractivity contribution >= 4 is 0 Å². The van der Waals surface area contributed by atoms with Crippen molar-refractivity contribution in [3.05, 3.63) is 0 Å². The minimum absolute atomic E-state index is 0.614. The number of hydrogen-bond donors (Lipinski definition) is 2. The van der Waals surface area contributed by atoms with Crippen LogP contribution in [0.1, 0.15) is 40.5 Å². The van der Waals surface area contributed by atoms with Crippen LogP contribution in [-0.4, -0.2) is 49.7 Å². The van der Waals surface area contributed by atoms with Gasteiger partial charge in [0.15, 0.2) is 0 Å². The largest absolute Gasteiger partial charge is 0.315 e. The number of likely N-dealkylation sites (tertiary alicyclic amines) is 1. The zero-order chi connectivity index (χ0) is 12.7. The summed E-state index contributed by atoms with van der Waals surface area (Å²) in [6, 6.07) is 1.24. The summed E-state index contributed by atoms with van der Waals surface area (Å²) in [4.78, 5) is 2.61. The molecule has 102 valence electrons. The number of nitrogens with zero attached hydrogens (tertiary/aromatic N) is 1. The van der Waals surface area contributed by atoms with E-state index in [2.05, 4.69) is 43.2 Å². The summed E-state index contributed by atoms with van der Waals surface area (Å²) in [7, 11) is 0. The van der Waals surface area contributed by atoms with Gasteiger partial charge < -0.3 is 15.5 Å². The molecule has 0 bridgehead atoms. The van der Waals surface area contributed by atoms with Crippen LogP contribution in [0.2, 0.25) is 0 Å². The molecule has 0 aromatic carbocycles. The van der Waals surface area contributed by atoms with E-state index in [1.807, 2.05) is 0 Å². The maximum Gasteiger partial charge on any atom is 0.0107 e. The maximum atomic E-state index is 3.51. The fourth-order valence-corrected chi connectivity index (χ4v) is 2.44. The normalized spacial score (nSPS) is 21.9. The van der Waals surface area contributed by atoms with E-state index in [9.17, 15) is 0 Å². The van der Waals surface area contributed by atoms with Gasteiger partial charge in [-0.3, -0.25) is 0 Å². The molecule has 0 spiro atoms. The van der Waals surface area contributed by atoms with E-state index in [4.69, 9.17) is 0 Å². The average molecular weight is 241 g/mol. The van der Waals surface area contributed by atoms with Crippen molar-refractivity contribution in [3.8, 4) is 0 Å². The number of rotatable bonds is 8. The Morgan fingerprint density at radius 3 is 2.35 bits per heavy atom. The maximum absolute atomic E-state index is 3.51. The molecule has 0 aromatic heterocycles. The average Bonchev–Trinajstić information content (AvgIpc) is 2.65. The van der Waals surface area contributed by atoms with E-state index >= 15 is 0 Å². The second-order valence-corrected chi connectivity index (χ2v) is 5.96. The Kier molecular flexibility index (Phi) is 7.09. The van der Waals surface area contributed by atoms with Crippen LogP contribution in [0.5, 0.6) is 0 Å². The highest BCUT2D eigenvalue weighted by atomic mass is 15.2. The van der Waals surface area contributed by atoms with Crippen LogP contribution < -0.4 is 10.6 Å². The van der Waals surface area contributed by atoms with Gasteiger partial charge in [0, 0.05) is 31.7 Å². The quantitative estimate of drug-likeness (QED) is 0.677. The van der Waals surface area contributed by atoms with Gasteiger partial charge in [-0.25, -0.2) is 0 Å².